The van der Waals surface area contributed by atoms with Crippen molar-refractivity contribution in [2.24, 2.45) is 5.41 Å². The first-order chi connectivity index (χ1) is 7.77. The van der Waals surface area contributed by atoms with Crippen molar-refractivity contribution in [1.82, 2.24) is 0 Å². The van der Waals surface area contributed by atoms with E-state index in [1.54, 1.807) is 0 Å². The summed E-state index contributed by atoms with van der Waals surface area (Å²) in [6.45, 7) is 3.71. The van der Waals surface area contributed by atoms with Gasteiger partial charge in [-0.1, -0.05) is 31.2 Å². The lowest BCUT2D eigenvalue weighted by Crippen LogP contribution is -2.47. The van der Waals surface area contributed by atoms with Crippen molar-refractivity contribution >= 4 is 6.08 Å². The number of hydrogen-bond donors (Lipinski definition) is 1. The van der Waals surface area contributed by atoms with Crippen molar-refractivity contribution in [3.63, 3.8) is 0 Å². The number of fused-ring (bicyclic) bond motifs is 1. The van der Waals surface area contributed by atoms with Gasteiger partial charge in [0.25, 0.3) is 0 Å². The molecule has 1 aliphatic heterocycles. The summed E-state index contributed by atoms with van der Waals surface area (Å²) in [6, 6.07) is 8.24. The fraction of sp³-hybridized carbons (Fsp3) is 0.429. The molecule has 1 heterocycles. The zero-order valence-corrected chi connectivity index (χ0v) is 9.44. The second-order valence-electron chi connectivity index (χ2n) is 4.84. The summed E-state index contributed by atoms with van der Waals surface area (Å²) in [4.78, 5) is 0. The van der Waals surface area contributed by atoms with Crippen LogP contribution in [0.2, 0.25) is 0 Å². The van der Waals surface area contributed by atoms with Crippen molar-refractivity contribution < 1.29 is 9.84 Å². The van der Waals surface area contributed by atoms with Gasteiger partial charge in [-0.3, -0.25) is 0 Å². The molecular weight excluding hydrogens is 200 g/mol. The van der Waals surface area contributed by atoms with Gasteiger partial charge in [-0.05, 0) is 23.6 Å². The average Bonchev–Trinajstić information content (AvgIpc) is 2.56. The molecule has 0 radical (unpaired) electrons. The molecular formula is C14H16O2. The third-order valence-electron chi connectivity index (χ3n) is 4.00. The van der Waals surface area contributed by atoms with E-state index in [0.717, 1.165) is 25.2 Å². The smallest absolute Gasteiger partial charge is 0.101 e. The third-order valence-corrected chi connectivity index (χ3v) is 4.00. The van der Waals surface area contributed by atoms with Crippen LogP contribution >= 0.6 is 0 Å². The van der Waals surface area contributed by atoms with Crippen LogP contribution in [-0.2, 0) is 4.74 Å². The van der Waals surface area contributed by atoms with Crippen molar-refractivity contribution in [3.05, 3.63) is 41.2 Å². The summed E-state index contributed by atoms with van der Waals surface area (Å²) in [5, 5.41) is 10.1. The first-order valence-electron chi connectivity index (χ1n) is 5.84. The summed E-state index contributed by atoms with van der Waals surface area (Å²) in [7, 11) is 0. The topological polar surface area (TPSA) is 29.5 Å². The Labute approximate surface area is 95.6 Å². The molecule has 1 fully saturated rings. The van der Waals surface area contributed by atoms with Gasteiger partial charge in [0.2, 0.25) is 0 Å². The Morgan fingerprint density at radius 2 is 2.12 bits per heavy atom. The number of ether oxygens (including phenoxy) is 1. The van der Waals surface area contributed by atoms with Crippen LogP contribution in [0.1, 0.15) is 30.4 Å². The van der Waals surface area contributed by atoms with Crippen LogP contribution in [0.3, 0.4) is 0 Å². The van der Waals surface area contributed by atoms with Crippen LogP contribution < -0.4 is 0 Å². The maximum atomic E-state index is 10.1. The minimum Gasteiger partial charge on any atom is -0.512 e. The highest BCUT2D eigenvalue weighted by molar-refractivity contribution is 5.65. The summed E-state index contributed by atoms with van der Waals surface area (Å²) in [5.41, 5.74) is 2.53. The zero-order valence-electron chi connectivity index (χ0n) is 9.44. The lowest BCUT2D eigenvalue weighted by atomic mass is 9.69. The Bertz CT molecular complexity index is 438. The maximum absolute atomic E-state index is 10.1. The summed E-state index contributed by atoms with van der Waals surface area (Å²) in [6.07, 6.45) is 2.94. The molecule has 1 aromatic rings. The minimum atomic E-state index is 0.118. The van der Waals surface area contributed by atoms with Crippen LogP contribution in [0.5, 0.6) is 0 Å². The lowest BCUT2D eigenvalue weighted by Gasteiger charge is -2.45. The summed E-state index contributed by atoms with van der Waals surface area (Å²) >= 11 is 0. The van der Waals surface area contributed by atoms with Gasteiger partial charge in [0.05, 0.1) is 19.1 Å². The SMILES string of the molecule is CCC1(C2C(O)=Cc3ccccc32)COC1. The van der Waals surface area contributed by atoms with E-state index < -0.39 is 0 Å². The largest absolute Gasteiger partial charge is 0.512 e. The highest BCUT2D eigenvalue weighted by Gasteiger charge is 2.48. The molecule has 0 spiro atoms. The van der Waals surface area contributed by atoms with E-state index in [0.29, 0.717) is 5.76 Å². The molecule has 2 heteroatoms. The van der Waals surface area contributed by atoms with Crippen LogP contribution in [0.4, 0.5) is 0 Å². The predicted molar refractivity (Wildman–Crippen MR) is 63.3 cm³/mol. The molecule has 2 nitrogen and oxygen atoms in total. The number of benzene rings is 1. The predicted octanol–water partition coefficient (Wildman–Crippen LogP) is 3.11. The van der Waals surface area contributed by atoms with Crippen LogP contribution in [0.25, 0.3) is 6.08 Å². The number of allylic oxidation sites excluding steroid dienone is 1. The van der Waals surface area contributed by atoms with E-state index in [1.807, 2.05) is 18.2 Å². The molecule has 1 aromatic carbocycles. The van der Waals surface area contributed by atoms with E-state index >= 15 is 0 Å². The molecule has 16 heavy (non-hydrogen) atoms. The maximum Gasteiger partial charge on any atom is 0.101 e. The molecule has 1 aliphatic carbocycles. The first-order valence-corrected chi connectivity index (χ1v) is 5.84. The van der Waals surface area contributed by atoms with E-state index in [2.05, 4.69) is 19.1 Å². The summed E-state index contributed by atoms with van der Waals surface area (Å²) in [5.74, 6) is 0.647. The molecule has 0 saturated carbocycles. The number of aliphatic hydroxyl groups is 1. The van der Waals surface area contributed by atoms with Crippen LogP contribution in [0.15, 0.2) is 30.0 Å². The highest BCUT2D eigenvalue weighted by Crippen LogP contribution is 2.52. The third kappa shape index (κ3) is 1.17. The quantitative estimate of drug-likeness (QED) is 0.823. The Kier molecular flexibility index (Phi) is 2.08. The Morgan fingerprint density at radius 1 is 1.38 bits per heavy atom. The van der Waals surface area contributed by atoms with Gasteiger partial charge in [0.1, 0.15) is 5.76 Å². The average molecular weight is 216 g/mol. The van der Waals surface area contributed by atoms with Gasteiger partial charge in [0, 0.05) is 5.41 Å². The van der Waals surface area contributed by atoms with E-state index in [1.165, 1.54) is 5.56 Å². The molecule has 0 bridgehead atoms. The molecule has 0 aromatic heterocycles. The van der Waals surface area contributed by atoms with Crippen molar-refractivity contribution in [2.75, 3.05) is 13.2 Å². The Hall–Kier alpha value is -1.28. The van der Waals surface area contributed by atoms with Crippen molar-refractivity contribution in [1.29, 1.82) is 0 Å². The Morgan fingerprint density at radius 3 is 2.75 bits per heavy atom. The van der Waals surface area contributed by atoms with Gasteiger partial charge in [0.15, 0.2) is 0 Å². The molecule has 0 amide bonds. The van der Waals surface area contributed by atoms with Crippen molar-refractivity contribution in [2.45, 2.75) is 19.3 Å². The van der Waals surface area contributed by atoms with Gasteiger partial charge >= 0.3 is 0 Å². The van der Waals surface area contributed by atoms with Crippen molar-refractivity contribution in [3.8, 4) is 0 Å². The highest BCUT2D eigenvalue weighted by atomic mass is 16.5. The molecule has 1 saturated heterocycles. The minimum absolute atomic E-state index is 0.118. The molecule has 3 rings (SSSR count). The van der Waals surface area contributed by atoms with Gasteiger partial charge < -0.3 is 9.84 Å². The van der Waals surface area contributed by atoms with Crippen LogP contribution in [-0.4, -0.2) is 18.3 Å². The number of aliphatic hydroxyl groups excluding tert-OH is 1. The normalized spacial score (nSPS) is 25.8. The fourth-order valence-corrected chi connectivity index (χ4v) is 2.89. The molecule has 2 aliphatic rings. The van der Waals surface area contributed by atoms with E-state index in [-0.39, 0.29) is 11.3 Å². The monoisotopic (exact) mass is 216 g/mol. The van der Waals surface area contributed by atoms with Gasteiger partial charge in [-0.15, -0.1) is 0 Å². The Balaban J connectivity index is 2.06. The van der Waals surface area contributed by atoms with Crippen LogP contribution in [0, 0.1) is 5.41 Å². The molecule has 1 atom stereocenters. The standard InChI is InChI=1S/C14H16O2/c1-2-14(8-16-9-14)13-11-6-4-3-5-10(11)7-12(13)15/h3-7,13,15H,2,8-9H2,1H3. The second kappa shape index (κ2) is 3.36. The van der Waals surface area contributed by atoms with E-state index in [4.69, 9.17) is 4.74 Å². The first kappa shape index (κ1) is 9.91. The van der Waals surface area contributed by atoms with Gasteiger partial charge in [-0.2, -0.15) is 0 Å². The number of rotatable bonds is 2. The summed E-state index contributed by atoms with van der Waals surface area (Å²) < 4.78 is 5.37. The van der Waals surface area contributed by atoms with E-state index in [9.17, 15) is 5.11 Å². The fourth-order valence-electron chi connectivity index (χ4n) is 2.89. The lowest BCUT2D eigenvalue weighted by molar-refractivity contribution is -0.128. The second-order valence-corrected chi connectivity index (χ2v) is 4.84. The molecule has 1 unspecified atom stereocenters. The number of hydrogen-bond acceptors (Lipinski definition) is 2. The molecule has 84 valence electrons. The zero-order chi connectivity index (χ0) is 11.2. The van der Waals surface area contributed by atoms with Gasteiger partial charge in [-0.25, -0.2) is 0 Å². The molecule has 1 N–H and O–H groups in total.